The van der Waals surface area contributed by atoms with Gasteiger partial charge in [-0.15, -0.1) is 0 Å². The van der Waals surface area contributed by atoms with E-state index in [1.165, 1.54) is 7.11 Å². The lowest BCUT2D eigenvalue weighted by atomic mass is 10.2. The van der Waals surface area contributed by atoms with Crippen LogP contribution in [-0.2, 0) is 4.74 Å². The summed E-state index contributed by atoms with van der Waals surface area (Å²) in [4.78, 5) is 10.9. The Morgan fingerprint density at radius 2 is 1.93 bits per heavy atom. The Morgan fingerprint density at radius 1 is 1.36 bits per heavy atom. The number of hydrogen-bond donors (Lipinski definition) is 1. The maximum Gasteiger partial charge on any atom is 0.337 e. The highest BCUT2D eigenvalue weighted by molar-refractivity contribution is 5.90. The van der Waals surface area contributed by atoms with Gasteiger partial charge < -0.3 is 10.5 Å². The monoisotopic (exact) mass is 197 g/mol. The van der Waals surface area contributed by atoms with Crippen molar-refractivity contribution in [3.05, 3.63) is 29.8 Å². The third-order valence-electron chi connectivity index (χ3n) is 1.31. The van der Waals surface area contributed by atoms with Gasteiger partial charge in [0.05, 0.1) is 12.7 Å². The second-order valence-electron chi connectivity index (χ2n) is 2.12. The Labute approximate surface area is 85.9 Å². The minimum atomic E-state index is -0.364. The summed E-state index contributed by atoms with van der Waals surface area (Å²) in [7, 11) is 1.34. The Kier molecular flexibility index (Phi) is 8.68. The van der Waals surface area contributed by atoms with Crippen LogP contribution in [0.2, 0.25) is 0 Å². The van der Waals surface area contributed by atoms with Gasteiger partial charge in [0.2, 0.25) is 0 Å². The van der Waals surface area contributed by atoms with Crippen molar-refractivity contribution < 1.29 is 9.53 Å². The lowest BCUT2D eigenvalue weighted by Gasteiger charge is -1.98. The number of esters is 1. The quantitative estimate of drug-likeness (QED) is 0.556. The smallest absolute Gasteiger partial charge is 0.337 e. The van der Waals surface area contributed by atoms with Gasteiger partial charge in [0.25, 0.3) is 0 Å². The Morgan fingerprint density at radius 3 is 2.36 bits per heavy atom. The summed E-state index contributed by atoms with van der Waals surface area (Å²) >= 11 is 0. The van der Waals surface area contributed by atoms with Crippen molar-refractivity contribution in [2.45, 2.75) is 21.3 Å². The molecule has 0 spiro atoms. The number of nitrogen functional groups attached to an aromatic ring is 1. The summed E-state index contributed by atoms with van der Waals surface area (Å²) in [5.74, 6) is -0.364. The van der Waals surface area contributed by atoms with Gasteiger partial charge >= 0.3 is 5.97 Å². The van der Waals surface area contributed by atoms with E-state index in [-0.39, 0.29) is 13.4 Å². The molecule has 0 unspecified atom stereocenters. The van der Waals surface area contributed by atoms with Gasteiger partial charge in [-0.3, -0.25) is 0 Å². The van der Waals surface area contributed by atoms with Crippen LogP contribution in [0.5, 0.6) is 0 Å². The molecule has 0 bridgehead atoms. The second-order valence-corrected chi connectivity index (χ2v) is 2.12. The summed E-state index contributed by atoms with van der Waals surface area (Å²) in [5, 5.41) is 0. The number of ether oxygens (including phenoxy) is 1. The highest BCUT2D eigenvalue weighted by Gasteiger charge is 2.02. The molecule has 0 atom stereocenters. The van der Waals surface area contributed by atoms with Gasteiger partial charge in [0.1, 0.15) is 0 Å². The van der Waals surface area contributed by atoms with Crippen LogP contribution in [0.3, 0.4) is 0 Å². The first kappa shape index (κ1) is 15.0. The zero-order valence-corrected chi connectivity index (χ0v) is 8.20. The molecule has 0 aliphatic carbocycles. The lowest BCUT2D eigenvalue weighted by Crippen LogP contribution is -2.01. The van der Waals surface area contributed by atoms with Gasteiger partial charge in [0.15, 0.2) is 0 Å². The third kappa shape index (κ3) is 4.50. The fraction of sp³-hybridized carbons (Fsp3) is 0.364. The van der Waals surface area contributed by atoms with Crippen molar-refractivity contribution in [2.24, 2.45) is 0 Å². The van der Waals surface area contributed by atoms with Crippen molar-refractivity contribution in [3.8, 4) is 0 Å². The minimum Gasteiger partial charge on any atom is -0.465 e. The van der Waals surface area contributed by atoms with Crippen molar-refractivity contribution in [1.82, 2.24) is 0 Å². The first-order chi connectivity index (χ1) is 6.24. The van der Waals surface area contributed by atoms with E-state index in [1.807, 2.05) is 13.8 Å². The Hall–Kier alpha value is -1.51. The maximum atomic E-state index is 10.9. The molecule has 3 heteroatoms. The predicted octanol–water partition coefficient (Wildman–Crippen LogP) is 2.72. The summed E-state index contributed by atoms with van der Waals surface area (Å²) in [6.45, 7) is 4.00. The molecule has 0 saturated carbocycles. The van der Waals surface area contributed by atoms with Crippen molar-refractivity contribution >= 4 is 11.7 Å². The molecule has 0 fully saturated rings. The zero-order valence-electron chi connectivity index (χ0n) is 8.20. The standard InChI is InChI=1S/C8H9NO2.C2H6.CH4/c1-11-8(10)6-3-2-4-7(9)5-6;1-2;/h2-5H,9H2,1H3;1-2H3;1H4. The Bertz CT molecular complexity index is 272. The fourth-order valence-electron chi connectivity index (χ4n) is 0.783. The van der Waals surface area contributed by atoms with Crippen LogP contribution in [0, 0.1) is 0 Å². The van der Waals surface area contributed by atoms with Crippen LogP contribution in [0.15, 0.2) is 24.3 Å². The molecule has 0 aromatic heterocycles. The number of carbonyl (C=O) groups is 1. The highest BCUT2D eigenvalue weighted by atomic mass is 16.5. The number of hydrogen-bond acceptors (Lipinski definition) is 3. The maximum absolute atomic E-state index is 10.9. The molecule has 1 aromatic rings. The molecular formula is C11H19NO2. The average Bonchev–Trinajstić information content (AvgIpc) is 2.20. The lowest BCUT2D eigenvalue weighted by molar-refractivity contribution is 0.0601. The number of benzene rings is 1. The molecule has 3 nitrogen and oxygen atoms in total. The van der Waals surface area contributed by atoms with E-state index in [1.54, 1.807) is 24.3 Å². The van der Waals surface area contributed by atoms with Crippen molar-refractivity contribution in [3.63, 3.8) is 0 Å². The van der Waals surface area contributed by atoms with E-state index in [0.29, 0.717) is 11.3 Å². The molecular weight excluding hydrogens is 178 g/mol. The SMILES string of the molecule is C.CC.COC(=O)c1cccc(N)c1. The van der Waals surface area contributed by atoms with Gasteiger partial charge in [-0.05, 0) is 18.2 Å². The van der Waals surface area contributed by atoms with Crippen LogP contribution < -0.4 is 5.73 Å². The third-order valence-corrected chi connectivity index (χ3v) is 1.31. The first-order valence-electron chi connectivity index (χ1n) is 4.18. The molecule has 0 aliphatic heterocycles. The van der Waals surface area contributed by atoms with Crippen LogP contribution in [0.25, 0.3) is 0 Å². The number of anilines is 1. The first-order valence-corrected chi connectivity index (χ1v) is 4.18. The molecule has 0 heterocycles. The number of methoxy groups -OCH3 is 1. The van der Waals surface area contributed by atoms with E-state index in [2.05, 4.69) is 4.74 Å². The topological polar surface area (TPSA) is 52.3 Å². The van der Waals surface area contributed by atoms with Crippen LogP contribution in [0.1, 0.15) is 31.6 Å². The van der Waals surface area contributed by atoms with Gasteiger partial charge in [-0.25, -0.2) is 4.79 Å². The predicted molar refractivity (Wildman–Crippen MR) is 60.3 cm³/mol. The van der Waals surface area contributed by atoms with E-state index in [4.69, 9.17) is 5.73 Å². The van der Waals surface area contributed by atoms with Crippen molar-refractivity contribution in [2.75, 3.05) is 12.8 Å². The molecule has 0 radical (unpaired) electrons. The molecule has 1 rings (SSSR count). The number of rotatable bonds is 1. The summed E-state index contributed by atoms with van der Waals surface area (Å²) in [6, 6.07) is 6.65. The highest BCUT2D eigenvalue weighted by Crippen LogP contribution is 2.06. The van der Waals surface area contributed by atoms with E-state index < -0.39 is 0 Å². The number of carbonyl (C=O) groups excluding carboxylic acids is 1. The summed E-state index contributed by atoms with van der Waals surface area (Å²) in [5.41, 5.74) is 6.49. The van der Waals surface area contributed by atoms with Crippen LogP contribution in [0.4, 0.5) is 5.69 Å². The van der Waals surface area contributed by atoms with Gasteiger partial charge in [-0.1, -0.05) is 27.3 Å². The van der Waals surface area contributed by atoms with Crippen molar-refractivity contribution in [1.29, 1.82) is 0 Å². The molecule has 0 aliphatic rings. The molecule has 14 heavy (non-hydrogen) atoms. The summed E-state index contributed by atoms with van der Waals surface area (Å²) in [6.07, 6.45) is 0. The molecule has 1 aromatic carbocycles. The molecule has 0 amide bonds. The van der Waals surface area contributed by atoms with E-state index >= 15 is 0 Å². The minimum absolute atomic E-state index is 0. The van der Waals surface area contributed by atoms with Gasteiger partial charge in [-0.2, -0.15) is 0 Å². The largest absolute Gasteiger partial charge is 0.465 e. The summed E-state index contributed by atoms with van der Waals surface area (Å²) < 4.78 is 4.50. The number of nitrogens with two attached hydrogens (primary N) is 1. The average molecular weight is 197 g/mol. The fourth-order valence-corrected chi connectivity index (χ4v) is 0.783. The van der Waals surface area contributed by atoms with E-state index in [9.17, 15) is 4.79 Å². The van der Waals surface area contributed by atoms with E-state index in [0.717, 1.165) is 0 Å². The normalized spacial score (nSPS) is 7.64. The second kappa shape index (κ2) is 8.10. The zero-order chi connectivity index (χ0) is 10.3. The Balaban J connectivity index is 0. The van der Waals surface area contributed by atoms with Gasteiger partial charge in [0, 0.05) is 5.69 Å². The van der Waals surface area contributed by atoms with Crippen LogP contribution >= 0.6 is 0 Å². The molecule has 0 saturated heterocycles. The molecule has 80 valence electrons. The molecule has 2 N–H and O–H groups in total. The van der Waals surface area contributed by atoms with Crippen LogP contribution in [-0.4, -0.2) is 13.1 Å².